The van der Waals surface area contributed by atoms with E-state index in [1.165, 1.54) is 0 Å². The second-order valence-corrected chi connectivity index (χ2v) is 0.406. The van der Waals surface area contributed by atoms with Crippen LogP contribution in [0.5, 0.6) is 0 Å². The Morgan fingerprint density at radius 2 is 1.83 bits per heavy atom. The van der Waals surface area contributed by atoms with Gasteiger partial charge in [-0.25, -0.2) is 0 Å². The molecule has 0 aromatic rings. The Bertz CT molecular complexity index is 24.8. The summed E-state index contributed by atoms with van der Waals surface area (Å²) in [4.78, 5) is 3.12. The van der Waals surface area contributed by atoms with E-state index in [0.717, 1.165) is 0 Å². The van der Waals surface area contributed by atoms with Gasteiger partial charge in [-0.05, 0) is 0 Å². The van der Waals surface area contributed by atoms with E-state index in [-0.39, 0.29) is 49.7 Å². The van der Waals surface area contributed by atoms with Crippen molar-refractivity contribution in [3.05, 3.63) is 6.92 Å². The summed E-state index contributed by atoms with van der Waals surface area (Å²) in [5, 5.41) is 0. The number of hydrogen-bond donors (Lipinski definition) is 0. The van der Waals surface area contributed by atoms with Gasteiger partial charge in [-0.15, -0.1) is 6.54 Å². The maximum absolute atomic E-state index is 4.59. The minimum absolute atomic E-state index is 0. The van der Waals surface area contributed by atoms with Crippen molar-refractivity contribution in [2.75, 3.05) is 6.54 Å². The fourth-order valence-electron chi connectivity index (χ4n) is 0. The first kappa shape index (κ1) is 15.7. The molecule has 0 aromatic carbocycles. The average Bonchev–Trinajstić information content (AvgIpc) is 1.37. The van der Waals surface area contributed by atoms with Crippen molar-refractivity contribution in [3.63, 3.8) is 0 Å². The number of rotatable bonds is 1. The standard InChI is InChI=1S/C3H5N.U.V/c1-3-4-2;;/h2H,1,3H2;;/q-2;+2;. The number of hydrogen-bond acceptors (Lipinski definition) is 1. The molecule has 0 spiro atoms. The van der Waals surface area contributed by atoms with Gasteiger partial charge in [0.25, 0.3) is 0 Å². The molecule has 0 aliphatic rings. The molecule has 0 rings (SSSR count). The molecule has 6 heavy (non-hydrogen) atoms. The van der Waals surface area contributed by atoms with Gasteiger partial charge < -0.3 is 18.6 Å². The van der Waals surface area contributed by atoms with Crippen LogP contribution in [0, 0.1) is 38.0 Å². The van der Waals surface area contributed by atoms with Gasteiger partial charge in [-0.3, -0.25) is 0 Å². The zero-order valence-electron chi connectivity index (χ0n) is 3.39. The first-order valence-electron chi connectivity index (χ1n) is 1.07. The predicted molar refractivity (Wildman–Crippen MR) is 18.7 cm³/mol. The van der Waals surface area contributed by atoms with E-state index < -0.39 is 0 Å². The Labute approximate surface area is 74.3 Å². The Hall–Kier alpha value is 1.31. The van der Waals surface area contributed by atoms with Gasteiger partial charge in [-0.1, -0.05) is 0 Å². The smallest absolute Gasteiger partial charge is 0.536 e. The third kappa shape index (κ3) is 18.5. The minimum Gasteiger partial charge on any atom is -0.536 e. The topological polar surface area (TPSA) is 12.4 Å². The minimum atomic E-state index is 0. The zero-order chi connectivity index (χ0) is 3.41. The normalized spacial score (nSPS) is 4.17. The van der Waals surface area contributed by atoms with Crippen molar-refractivity contribution in [2.24, 2.45) is 4.99 Å². The van der Waals surface area contributed by atoms with Crippen molar-refractivity contribution in [3.8, 4) is 0 Å². The van der Waals surface area contributed by atoms with E-state index in [0.29, 0.717) is 6.54 Å². The summed E-state index contributed by atoms with van der Waals surface area (Å²) >= 11 is 0. The van der Waals surface area contributed by atoms with E-state index in [2.05, 4.69) is 18.6 Å². The van der Waals surface area contributed by atoms with Gasteiger partial charge in [0.15, 0.2) is 0 Å². The molecule has 0 unspecified atom stereocenters. The molecular weight excluding hydrogens is 339 g/mol. The molecule has 0 bridgehead atoms. The van der Waals surface area contributed by atoms with Crippen molar-refractivity contribution < 1.29 is 49.7 Å². The third-order valence-electron chi connectivity index (χ3n) is 0.129. The predicted octanol–water partition coefficient (Wildman–Crippen LogP) is 0.396. The van der Waals surface area contributed by atoms with E-state index in [1.807, 2.05) is 0 Å². The molecule has 31 valence electrons. The average molecular weight is 344 g/mol. The molecule has 0 aliphatic heterocycles. The molecule has 0 atom stereocenters. The summed E-state index contributed by atoms with van der Waals surface area (Å²) < 4.78 is 0. The van der Waals surface area contributed by atoms with Crippen molar-refractivity contribution in [2.45, 2.75) is 0 Å². The molecule has 1 radical (unpaired) electrons. The fourth-order valence-corrected chi connectivity index (χ4v) is 0. The van der Waals surface area contributed by atoms with Crippen LogP contribution in [0.2, 0.25) is 0 Å². The quantitative estimate of drug-likeness (QED) is 0.482. The van der Waals surface area contributed by atoms with E-state index in [1.54, 1.807) is 0 Å². The summed E-state index contributed by atoms with van der Waals surface area (Å²) in [6.45, 7) is 8.38. The molecular formula is C3H5NUV. The summed E-state index contributed by atoms with van der Waals surface area (Å²) in [7, 11) is 0. The van der Waals surface area contributed by atoms with Crippen LogP contribution in [0.4, 0.5) is 0 Å². The van der Waals surface area contributed by atoms with E-state index in [4.69, 9.17) is 0 Å². The van der Waals surface area contributed by atoms with Crippen molar-refractivity contribution in [1.82, 2.24) is 0 Å². The van der Waals surface area contributed by atoms with Crippen LogP contribution >= 0.6 is 0 Å². The fraction of sp³-hybridized carbons (Fsp3) is 0.333. The SMILES string of the molecule is [CH-]=NC[CH2-].[U+2].[V]. The van der Waals surface area contributed by atoms with Crippen LogP contribution in [-0.2, 0) is 18.6 Å². The Morgan fingerprint density at radius 3 is 1.83 bits per heavy atom. The van der Waals surface area contributed by atoms with Gasteiger partial charge in [0.2, 0.25) is 0 Å². The largest absolute Gasteiger partial charge is 2.00 e. The molecule has 0 fully saturated rings. The van der Waals surface area contributed by atoms with Crippen LogP contribution in [0.3, 0.4) is 0 Å². The van der Waals surface area contributed by atoms with Crippen LogP contribution in [0.1, 0.15) is 0 Å². The van der Waals surface area contributed by atoms with Crippen LogP contribution in [-0.4, -0.2) is 13.3 Å². The van der Waals surface area contributed by atoms with Gasteiger partial charge in [0.1, 0.15) is 0 Å². The van der Waals surface area contributed by atoms with Gasteiger partial charge >= 0.3 is 31.1 Å². The number of aliphatic imine (C=N–C) groups is 1. The second-order valence-electron chi connectivity index (χ2n) is 0.406. The first-order chi connectivity index (χ1) is 1.91. The summed E-state index contributed by atoms with van der Waals surface area (Å²) in [6, 6.07) is 0. The maximum atomic E-state index is 4.59. The third-order valence-corrected chi connectivity index (χ3v) is 0.129. The van der Waals surface area contributed by atoms with Crippen LogP contribution in [0.15, 0.2) is 4.99 Å². The Kier molecular flexibility index (Phi) is 42.4. The van der Waals surface area contributed by atoms with E-state index >= 15 is 0 Å². The monoisotopic (exact) mass is 344 g/mol. The van der Waals surface area contributed by atoms with E-state index in [9.17, 15) is 0 Å². The number of nitrogens with zero attached hydrogens (tertiary/aromatic N) is 1. The molecule has 0 saturated carbocycles. The van der Waals surface area contributed by atoms with Crippen LogP contribution in [0.25, 0.3) is 0 Å². The van der Waals surface area contributed by atoms with Gasteiger partial charge in [-0.2, -0.15) is 0 Å². The molecule has 0 heterocycles. The molecule has 0 aromatic heterocycles. The molecule has 0 saturated heterocycles. The molecule has 1 nitrogen and oxygen atoms in total. The molecule has 0 amide bonds. The van der Waals surface area contributed by atoms with Crippen molar-refractivity contribution in [1.29, 1.82) is 0 Å². The Morgan fingerprint density at radius 1 is 1.67 bits per heavy atom. The summed E-state index contributed by atoms with van der Waals surface area (Å²) in [6.07, 6.45) is 0. The summed E-state index contributed by atoms with van der Waals surface area (Å²) in [5.41, 5.74) is 0. The molecule has 0 N–H and O–H groups in total. The maximum Gasteiger partial charge on any atom is 2.00 e. The van der Waals surface area contributed by atoms with Gasteiger partial charge in [0, 0.05) is 18.6 Å². The zero-order valence-corrected chi connectivity index (χ0v) is 8.95. The van der Waals surface area contributed by atoms with Crippen LogP contribution < -0.4 is 0 Å². The first-order valence-corrected chi connectivity index (χ1v) is 1.07. The van der Waals surface area contributed by atoms with Crippen molar-refractivity contribution >= 4 is 6.72 Å². The van der Waals surface area contributed by atoms with Gasteiger partial charge in [0.05, 0.1) is 0 Å². The second kappa shape index (κ2) is 16.2. The molecule has 0 aliphatic carbocycles. The molecule has 3 heteroatoms. The Balaban J connectivity index is -0.0000000450. The summed E-state index contributed by atoms with van der Waals surface area (Å²) in [5.74, 6) is 0.